The maximum Gasteiger partial charge on any atom is 0.275 e. The van der Waals surface area contributed by atoms with Gasteiger partial charge in [-0.05, 0) is 54.6 Å². The highest BCUT2D eigenvalue weighted by Crippen LogP contribution is 2.57. The van der Waals surface area contributed by atoms with Crippen molar-refractivity contribution in [2.45, 2.75) is 5.54 Å². The molecule has 0 unspecified atom stereocenters. The summed E-state index contributed by atoms with van der Waals surface area (Å²) in [5, 5.41) is 9.57. The number of rotatable bonds is 5. The largest absolute Gasteiger partial charge is 0.456 e. The fourth-order valence-corrected chi connectivity index (χ4v) is 5.67. The highest BCUT2D eigenvalue weighted by molar-refractivity contribution is 6.17. The Morgan fingerprint density at radius 3 is 2.00 bits per heavy atom. The van der Waals surface area contributed by atoms with Gasteiger partial charge in [0.2, 0.25) is 0 Å². The van der Waals surface area contributed by atoms with Crippen LogP contribution < -0.4 is 21.5 Å². The number of hydrogen-bond donors (Lipinski definition) is 3. The van der Waals surface area contributed by atoms with Crippen LogP contribution in [0, 0.1) is 0 Å². The molecule has 0 atom stereocenters. The average Bonchev–Trinajstić information content (AvgIpc) is 3.24. The number of nitrogens with one attached hydrogen (secondary N) is 1. The molecule has 42 heavy (non-hydrogen) atoms. The first-order chi connectivity index (χ1) is 20.5. The fourth-order valence-electron chi connectivity index (χ4n) is 5.67. The maximum absolute atomic E-state index is 13.9. The summed E-state index contributed by atoms with van der Waals surface area (Å²) in [5.41, 5.74) is 17.8. The van der Waals surface area contributed by atoms with E-state index in [0.29, 0.717) is 28.4 Å². The molecule has 7 rings (SSSR count). The third kappa shape index (κ3) is 4.05. The van der Waals surface area contributed by atoms with E-state index in [9.17, 15) is 4.79 Å². The quantitative estimate of drug-likeness (QED) is 0.164. The van der Waals surface area contributed by atoms with E-state index in [1.54, 1.807) is 30.5 Å². The third-order valence-electron chi connectivity index (χ3n) is 7.47. The number of benzene rings is 5. The highest BCUT2D eigenvalue weighted by atomic mass is 16.5. The fraction of sp³-hybridized carbons (Fsp3) is 0.0294. The molecule has 0 fully saturated rings. The number of fused-ring (bicyclic) bond motifs is 6. The minimum atomic E-state index is -1.09. The van der Waals surface area contributed by atoms with Crippen LogP contribution in [-0.2, 0) is 5.54 Å². The van der Waals surface area contributed by atoms with Gasteiger partial charge in [-0.1, -0.05) is 48.5 Å². The molecule has 8 nitrogen and oxygen atoms in total. The van der Waals surface area contributed by atoms with Gasteiger partial charge in [-0.15, -0.1) is 0 Å². The van der Waals surface area contributed by atoms with Crippen molar-refractivity contribution >= 4 is 46.8 Å². The lowest BCUT2D eigenvalue weighted by atomic mass is 9.75. The molecule has 8 heteroatoms. The zero-order valence-electron chi connectivity index (χ0n) is 22.4. The van der Waals surface area contributed by atoms with Gasteiger partial charge in [-0.25, -0.2) is 5.01 Å². The molecular formula is C34H26N6O2. The Balaban J connectivity index is 1.26. The monoisotopic (exact) mass is 550 g/mol. The van der Waals surface area contributed by atoms with Crippen LogP contribution in [0.25, 0.3) is 0 Å². The maximum atomic E-state index is 13.9. The minimum Gasteiger partial charge on any atom is -0.456 e. The molecule has 1 amide bonds. The van der Waals surface area contributed by atoms with Gasteiger partial charge < -0.3 is 21.5 Å². The predicted octanol–water partition coefficient (Wildman–Crippen LogP) is 6.84. The normalized spacial score (nSPS) is 14.6. The molecule has 2 aliphatic rings. The number of carbonyl (C=O) groups is 1. The van der Waals surface area contributed by atoms with E-state index in [1.807, 2.05) is 91.0 Å². The van der Waals surface area contributed by atoms with E-state index in [1.165, 1.54) is 11.2 Å². The van der Waals surface area contributed by atoms with E-state index in [-0.39, 0.29) is 5.91 Å². The summed E-state index contributed by atoms with van der Waals surface area (Å²) in [6.07, 6.45) is 3.11. The first kappa shape index (κ1) is 25.1. The van der Waals surface area contributed by atoms with Gasteiger partial charge in [0.05, 0.1) is 11.9 Å². The summed E-state index contributed by atoms with van der Waals surface area (Å²) in [6, 6.07) is 36.1. The molecule has 2 aliphatic heterocycles. The Hall–Kier alpha value is -5.89. The molecule has 0 bridgehead atoms. The molecular weight excluding hydrogens is 524 g/mol. The zero-order valence-corrected chi connectivity index (χ0v) is 22.4. The van der Waals surface area contributed by atoms with Crippen molar-refractivity contribution < 1.29 is 9.53 Å². The van der Waals surface area contributed by atoms with E-state index in [4.69, 9.17) is 21.3 Å². The second kappa shape index (κ2) is 9.94. The van der Waals surface area contributed by atoms with Crippen LogP contribution in [0.3, 0.4) is 0 Å². The average molecular weight is 551 g/mol. The first-order valence-electron chi connectivity index (χ1n) is 13.4. The topological polar surface area (TPSA) is 118 Å². The van der Waals surface area contributed by atoms with Crippen molar-refractivity contribution in [1.82, 2.24) is 5.01 Å². The first-order valence-corrected chi connectivity index (χ1v) is 13.4. The molecule has 5 aromatic rings. The lowest BCUT2D eigenvalue weighted by Gasteiger charge is -2.41. The number of hydrazone groups is 1. The standard InChI is InChI=1S/C34H26N6O2/c35-22-10-16-29-31(20-22)42-32-21-23(36)11-17-30(32)34(29)28-9-5-4-8-27(28)33(41)40(34)38-19-18-37-24-12-14-26(15-13-24)39-25-6-2-1-3-7-25/h1-21,39H,35-36H2/b37-18?,38-19+. The van der Waals surface area contributed by atoms with Gasteiger partial charge in [0.1, 0.15) is 17.0 Å². The van der Waals surface area contributed by atoms with E-state index >= 15 is 0 Å². The lowest BCUT2D eigenvalue weighted by Crippen LogP contribution is -2.44. The number of nitrogens with zero attached hydrogens (tertiary/aromatic N) is 3. The van der Waals surface area contributed by atoms with Gasteiger partial charge in [-0.3, -0.25) is 9.79 Å². The summed E-state index contributed by atoms with van der Waals surface area (Å²) >= 11 is 0. The number of carbonyl (C=O) groups excluding carboxylic acids is 1. The third-order valence-corrected chi connectivity index (χ3v) is 7.47. The van der Waals surface area contributed by atoms with Gasteiger partial charge >= 0.3 is 0 Å². The molecule has 0 saturated heterocycles. The van der Waals surface area contributed by atoms with Crippen molar-refractivity contribution in [2.75, 3.05) is 16.8 Å². The Labute approximate surface area is 242 Å². The second-order valence-electron chi connectivity index (χ2n) is 10.1. The summed E-state index contributed by atoms with van der Waals surface area (Å²) in [4.78, 5) is 18.5. The van der Waals surface area contributed by atoms with Crippen molar-refractivity contribution in [3.63, 3.8) is 0 Å². The number of nitrogens with two attached hydrogens (primary N) is 2. The number of nitrogen functional groups attached to an aromatic ring is 2. The lowest BCUT2D eigenvalue weighted by molar-refractivity contribution is 0.0676. The van der Waals surface area contributed by atoms with Crippen LogP contribution in [0.5, 0.6) is 11.5 Å². The Bertz CT molecular complexity index is 1830. The van der Waals surface area contributed by atoms with Crippen LogP contribution in [-0.4, -0.2) is 23.3 Å². The van der Waals surface area contributed by atoms with Crippen LogP contribution in [0.4, 0.5) is 28.4 Å². The second-order valence-corrected chi connectivity index (χ2v) is 10.1. The molecule has 0 saturated carbocycles. The molecule has 5 N–H and O–H groups in total. The number of aliphatic imine (C=N–C) groups is 1. The number of anilines is 4. The predicted molar refractivity (Wildman–Crippen MR) is 167 cm³/mol. The summed E-state index contributed by atoms with van der Waals surface area (Å²) in [7, 11) is 0. The molecule has 0 aromatic heterocycles. The zero-order chi connectivity index (χ0) is 28.7. The van der Waals surface area contributed by atoms with Crippen LogP contribution in [0.2, 0.25) is 0 Å². The molecule has 2 heterocycles. The summed E-state index contributed by atoms with van der Waals surface area (Å²) in [5.74, 6) is 0.838. The van der Waals surface area contributed by atoms with E-state index in [2.05, 4.69) is 10.3 Å². The summed E-state index contributed by atoms with van der Waals surface area (Å²) < 4.78 is 6.27. The van der Waals surface area contributed by atoms with Gasteiger partial charge in [0, 0.05) is 63.4 Å². The molecule has 0 radical (unpaired) electrons. The van der Waals surface area contributed by atoms with Crippen molar-refractivity contribution in [2.24, 2.45) is 10.1 Å². The van der Waals surface area contributed by atoms with Crippen molar-refractivity contribution in [3.8, 4) is 11.5 Å². The number of ether oxygens (including phenoxy) is 1. The SMILES string of the molecule is Nc1ccc2c(c1)Oc1cc(N)ccc1C21c2ccccc2C(=O)N1/N=C/C=Nc1ccc(Nc2ccccc2)cc1. The molecule has 5 aromatic carbocycles. The Morgan fingerprint density at radius 1 is 0.690 bits per heavy atom. The van der Waals surface area contributed by atoms with Crippen molar-refractivity contribution in [1.29, 1.82) is 0 Å². The molecule has 204 valence electrons. The molecule has 0 aliphatic carbocycles. The van der Waals surface area contributed by atoms with Crippen LogP contribution in [0.1, 0.15) is 27.0 Å². The van der Waals surface area contributed by atoms with Crippen LogP contribution >= 0.6 is 0 Å². The molecule has 1 spiro atoms. The smallest absolute Gasteiger partial charge is 0.275 e. The van der Waals surface area contributed by atoms with Crippen LogP contribution in [0.15, 0.2) is 125 Å². The number of para-hydroxylation sites is 1. The van der Waals surface area contributed by atoms with Gasteiger partial charge in [0.25, 0.3) is 5.91 Å². The van der Waals surface area contributed by atoms with Crippen molar-refractivity contribution in [3.05, 3.63) is 138 Å². The summed E-state index contributed by atoms with van der Waals surface area (Å²) in [6.45, 7) is 0. The van der Waals surface area contributed by atoms with Gasteiger partial charge in [-0.2, -0.15) is 5.10 Å². The Kier molecular flexibility index (Phi) is 5.94. The van der Waals surface area contributed by atoms with E-state index in [0.717, 1.165) is 33.8 Å². The number of hydrogen-bond acceptors (Lipinski definition) is 7. The van der Waals surface area contributed by atoms with Gasteiger partial charge in [0.15, 0.2) is 0 Å². The highest BCUT2D eigenvalue weighted by Gasteiger charge is 2.57. The number of amides is 1. The Morgan fingerprint density at radius 2 is 1.31 bits per heavy atom. The minimum absolute atomic E-state index is 0.237. The van der Waals surface area contributed by atoms with E-state index < -0.39 is 5.54 Å².